The molecule has 0 unspecified atom stereocenters. The van der Waals surface area contributed by atoms with Gasteiger partial charge in [-0.2, -0.15) is 5.10 Å². The predicted octanol–water partition coefficient (Wildman–Crippen LogP) is 3.77. The monoisotopic (exact) mass is 405 g/mol. The molecule has 3 rings (SSSR count). The Morgan fingerprint density at radius 3 is 2.47 bits per heavy atom. The van der Waals surface area contributed by atoms with E-state index in [2.05, 4.69) is 17.5 Å². The Bertz CT molecular complexity index is 1070. The van der Waals surface area contributed by atoms with Crippen molar-refractivity contribution in [3.05, 3.63) is 70.9 Å². The molecular weight excluding hydrogens is 378 g/mol. The molecule has 1 aromatic heterocycles. The molecule has 0 saturated heterocycles. The summed E-state index contributed by atoms with van der Waals surface area (Å²) in [4.78, 5) is 24.2. The summed E-state index contributed by atoms with van der Waals surface area (Å²) in [5.74, 6) is -0.462. The van der Waals surface area contributed by atoms with E-state index in [-0.39, 0.29) is 24.8 Å². The quantitative estimate of drug-likeness (QED) is 0.352. The van der Waals surface area contributed by atoms with E-state index in [1.807, 2.05) is 60.0 Å². The van der Waals surface area contributed by atoms with Crippen LogP contribution in [0.1, 0.15) is 36.2 Å². The van der Waals surface area contributed by atoms with Crippen LogP contribution in [0.5, 0.6) is 0 Å². The zero-order valence-corrected chi connectivity index (χ0v) is 17.6. The number of nitrogens with zero attached hydrogens (tertiary/aromatic N) is 2. The van der Waals surface area contributed by atoms with Crippen molar-refractivity contribution < 1.29 is 14.3 Å². The summed E-state index contributed by atoms with van der Waals surface area (Å²) >= 11 is 0. The van der Waals surface area contributed by atoms with Crippen LogP contribution in [0.15, 0.2) is 53.6 Å². The predicted molar refractivity (Wildman–Crippen MR) is 119 cm³/mol. The highest BCUT2D eigenvalue weighted by Crippen LogP contribution is 2.24. The van der Waals surface area contributed by atoms with E-state index in [1.165, 1.54) is 5.56 Å². The minimum absolute atomic E-state index is 0.133. The normalized spacial score (nSPS) is 11.2. The molecule has 3 aromatic rings. The van der Waals surface area contributed by atoms with Crippen molar-refractivity contribution in [2.24, 2.45) is 5.10 Å². The smallest absolute Gasteiger partial charge is 0.325 e. The number of benzene rings is 2. The van der Waals surface area contributed by atoms with Crippen molar-refractivity contribution in [3.8, 4) is 0 Å². The van der Waals surface area contributed by atoms with Gasteiger partial charge in [0.25, 0.3) is 0 Å². The summed E-state index contributed by atoms with van der Waals surface area (Å²) in [6.07, 6.45) is 2.88. The van der Waals surface area contributed by atoms with Crippen LogP contribution in [-0.4, -0.2) is 29.3 Å². The van der Waals surface area contributed by atoms with Gasteiger partial charge in [0, 0.05) is 22.2 Å². The molecule has 0 aliphatic heterocycles. The van der Waals surface area contributed by atoms with E-state index < -0.39 is 0 Å². The van der Waals surface area contributed by atoms with Crippen LogP contribution in [0, 0.1) is 6.92 Å². The summed E-state index contributed by atoms with van der Waals surface area (Å²) in [7, 11) is 0. The highest BCUT2D eigenvalue weighted by atomic mass is 16.5. The first kappa shape index (κ1) is 21.3. The maximum absolute atomic E-state index is 12.2. The molecule has 2 aromatic carbocycles. The van der Waals surface area contributed by atoms with Crippen LogP contribution in [0.2, 0.25) is 0 Å². The number of nitrogens with one attached hydrogen (secondary N) is 1. The van der Waals surface area contributed by atoms with Gasteiger partial charge in [-0.3, -0.25) is 9.59 Å². The van der Waals surface area contributed by atoms with Gasteiger partial charge in [0.1, 0.15) is 6.54 Å². The molecule has 0 saturated carbocycles. The third kappa shape index (κ3) is 4.95. The molecule has 0 aliphatic carbocycles. The molecule has 0 bridgehead atoms. The van der Waals surface area contributed by atoms with Crippen LogP contribution in [0.4, 0.5) is 0 Å². The van der Waals surface area contributed by atoms with Gasteiger partial charge in [-0.05, 0) is 37.5 Å². The van der Waals surface area contributed by atoms with E-state index in [4.69, 9.17) is 4.74 Å². The number of hydrogen-bond acceptors (Lipinski definition) is 4. The standard InChI is InChI=1S/C24H27N3O3/c1-4-18-10-12-19(13-11-18)14-23(28)26-25-15-21-17(3)27(16-24(29)30-5-2)22-9-7-6-8-20(21)22/h6-13,15H,4-5,14,16H2,1-3H3,(H,26,28)/b25-15-. The zero-order valence-electron chi connectivity index (χ0n) is 17.6. The lowest BCUT2D eigenvalue weighted by Crippen LogP contribution is -2.19. The highest BCUT2D eigenvalue weighted by Gasteiger charge is 2.15. The third-order valence-corrected chi connectivity index (χ3v) is 5.05. The maximum atomic E-state index is 12.2. The average molecular weight is 405 g/mol. The molecule has 156 valence electrons. The number of hydrazone groups is 1. The number of rotatable bonds is 8. The molecule has 0 radical (unpaired) electrons. The van der Waals surface area contributed by atoms with Crippen molar-refractivity contribution in [1.29, 1.82) is 0 Å². The molecule has 1 N–H and O–H groups in total. The lowest BCUT2D eigenvalue weighted by Gasteiger charge is -2.07. The number of para-hydroxylation sites is 1. The van der Waals surface area contributed by atoms with Gasteiger partial charge in [0.05, 0.1) is 19.2 Å². The minimum atomic E-state index is -0.285. The van der Waals surface area contributed by atoms with Crippen molar-refractivity contribution >= 4 is 29.0 Å². The summed E-state index contributed by atoms with van der Waals surface area (Å²) in [5.41, 5.74) is 7.46. The second kappa shape index (κ2) is 9.87. The first-order valence-corrected chi connectivity index (χ1v) is 10.2. The Morgan fingerprint density at radius 1 is 1.07 bits per heavy atom. The summed E-state index contributed by atoms with van der Waals surface area (Å²) in [6, 6.07) is 15.8. The van der Waals surface area contributed by atoms with Gasteiger partial charge in [0.15, 0.2) is 0 Å². The minimum Gasteiger partial charge on any atom is -0.465 e. The number of carbonyl (C=O) groups excluding carboxylic acids is 2. The summed E-state index contributed by atoms with van der Waals surface area (Å²) < 4.78 is 7.00. The number of carbonyl (C=O) groups is 2. The zero-order chi connectivity index (χ0) is 21.5. The van der Waals surface area contributed by atoms with E-state index in [0.29, 0.717) is 6.61 Å². The summed E-state index contributed by atoms with van der Waals surface area (Å²) in [6.45, 7) is 6.30. The van der Waals surface area contributed by atoms with Crippen molar-refractivity contribution in [1.82, 2.24) is 9.99 Å². The average Bonchev–Trinajstić information content (AvgIpc) is 3.00. The fourth-order valence-corrected chi connectivity index (χ4v) is 3.45. The lowest BCUT2D eigenvalue weighted by atomic mass is 10.1. The first-order valence-electron chi connectivity index (χ1n) is 10.2. The fourth-order valence-electron chi connectivity index (χ4n) is 3.45. The number of hydrogen-bond donors (Lipinski definition) is 1. The SMILES string of the molecule is CCOC(=O)Cn1c(C)c(/C=N\NC(=O)Cc2ccc(CC)cc2)c2ccccc21. The second-order valence-electron chi connectivity index (χ2n) is 7.05. The van der Waals surface area contributed by atoms with Gasteiger partial charge >= 0.3 is 5.97 Å². The second-order valence-corrected chi connectivity index (χ2v) is 7.05. The van der Waals surface area contributed by atoms with Crippen LogP contribution in [0.25, 0.3) is 10.9 Å². The van der Waals surface area contributed by atoms with Crippen LogP contribution in [0.3, 0.4) is 0 Å². The molecule has 1 heterocycles. The molecule has 0 fully saturated rings. The number of fused-ring (bicyclic) bond motifs is 1. The third-order valence-electron chi connectivity index (χ3n) is 5.05. The van der Waals surface area contributed by atoms with Gasteiger partial charge in [-0.15, -0.1) is 0 Å². The Kier molecular flexibility index (Phi) is 7.01. The molecule has 0 spiro atoms. The van der Waals surface area contributed by atoms with Gasteiger partial charge in [-0.25, -0.2) is 5.43 Å². The molecule has 6 heteroatoms. The van der Waals surface area contributed by atoms with E-state index in [1.54, 1.807) is 13.1 Å². The lowest BCUT2D eigenvalue weighted by molar-refractivity contribution is -0.143. The number of ether oxygens (including phenoxy) is 1. The number of amides is 1. The highest BCUT2D eigenvalue weighted by molar-refractivity contribution is 6.01. The van der Waals surface area contributed by atoms with Gasteiger partial charge in [0.2, 0.25) is 5.91 Å². The van der Waals surface area contributed by atoms with E-state index >= 15 is 0 Å². The largest absolute Gasteiger partial charge is 0.465 e. The Labute approximate surface area is 176 Å². The maximum Gasteiger partial charge on any atom is 0.325 e. The van der Waals surface area contributed by atoms with Gasteiger partial charge in [-0.1, -0.05) is 49.4 Å². The van der Waals surface area contributed by atoms with Crippen molar-refractivity contribution in [2.75, 3.05) is 6.61 Å². The van der Waals surface area contributed by atoms with Crippen LogP contribution in [-0.2, 0) is 33.7 Å². The van der Waals surface area contributed by atoms with E-state index in [0.717, 1.165) is 34.1 Å². The van der Waals surface area contributed by atoms with Gasteiger partial charge < -0.3 is 9.30 Å². The number of aromatic nitrogens is 1. The Morgan fingerprint density at radius 2 is 1.77 bits per heavy atom. The van der Waals surface area contributed by atoms with E-state index in [9.17, 15) is 9.59 Å². The van der Waals surface area contributed by atoms with Crippen LogP contribution >= 0.6 is 0 Å². The molecule has 30 heavy (non-hydrogen) atoms. The van der Waals surface area contributed by atoms with Crippen LogP contribution < -0.4 is 5.43 Å². The summed E-state index contributed by atoms with van der Waals surface area (Å²) in [5, 5.41) is 5.12. The molecule has 0 atom stereocenters. The molecule has 6 nitrogen and oxygen atoms in total. The molecular formula is C24H27N3O3. The fraction of sp³-hybridized carbons (Fsp3) is 0.292. The van der Waals surface area contributed by atoms with Crippen molar-refractivity contribution in [2.45, 2.75) is 40.2 Å². The topological polar surface area (TPSA) is 72.7 Å². The Hall–Kier alpha value is -3.41. The van der Waals surface area contributed by atoms with Crippen molar-refractivity contribution in [3.63, 3.8) is 0 Å². The Balaban J connectivity index is 1.74. The molecule has 1 amide bonds. The first-order chi connectivity index (χ1) is 14.5. The number of aryl methyl sites for hydroxylation is 1. The number of esters is 1. The molecule has 0 aliphatic rings.